The van der Waals surface area contributed by atoms with E-state index in [0.29, 0.717) is 21.8 Å². The molecule has 2 heterocycles. The van der Waals surface area contributed by atoms with Gasteiger partial charge in [-0.1, -0.05) is 29.8 Å². The molecule has 0 atom stereocenters. The van der Waals surface area contributed by atoms with E-state index in [1.54, 1.807) is 30.5 Å². The van der Waals surface area contributed by atoms with Crippen molar-refractivity contribution in [3.8, 4) is 0 Å². The predicted molar refractivity (Wildman–Crippen MR) is 135 cm³/mol. The topological polar surface area (TPSA) is 54.3 Å². The highest BCUT2D eigenvalue weighted by Gasteiger charge is 2.34. The van der Waals surface area contributed by atoms with Crippen molar-refractivity contribution in [2.75, 3.05) is 4.90 Å². The minimum absolute atomic E-state index is 0.0324. The first-order valence-corrected chi connectivity index (χ1v) is 11.3. The number of carbonyl (C=O) groups is 2. The Bertz CT molecular complexity index is 1530. The average Bonchev–Trinajstić information content (AvgIpc) is 3.14. The minimum Gasteiger partial charge on any atom is -0.342 e. The van der Waals surface area contributed by atoms with Gasteiger partial charge in [-0.05, 0) is 66.3 Å². The zero-order valence-corrected chi connectivity index (χ0v) is 19.5. The lowest BCUT2D eigenvalue weighted by molar-refractivity contribution is -0.122. The van der Waals surface area contributed by atoms with Crippen molar-refractivity contribution in [1.82, 2.24) is 9.88 Å². The van der Waals surface area contributed by atoms with Gasteiger partial charge in [0.1, 0.15) is 17.2 Å². The molecule has 5 rings (SSSR count). The van der Waals surface area contributed by atoms with Crippen molar-refractivity contribution < 1.29 is 18.4 Å². The fraction of sp³-hybridized carbons (Fsp3) is 0.0385. The maximum atomic E-state index is 13.7. The Hall–Kier alpha value is -3.88. The monoisotopic (exact) mass is 507 g/mol. The molecular formula is C26H16ClF2N3O2S. The predicted octanol–water partition coefficient (Wildman–Crippen LogP) is 5.45. The summed E-state index contributed by atoms with van der Waals surface area (Å²) in [5, 5.41) is 3.79. The van der Waals surface area contributed by atoms with Crippen molar-refractivity contribution in [1.29, 1.82) is 0 Å². The molecule has 4 aromatic rings. The van der Waals surface area contributed by atoms with Gasteiger partial charge in [0.15, 0.2) is 5.11 Å². The largest absolute Gasteiger partial charge is 0.342 e. The second kappa shape index (κ2) is 9.05. The van der Waals surface area contributed by atoms with Gasteiger partial charge in [0.2, 0.25) is 0 Å². The molecule has 35 heavy (non-hydrogen) atoms. The number of hydrogen-bond acceptors (Lipinski definition) is 3. The van der Waals surface area contributed by atoms with Gasteiger partial charge in [-0.2, -0.15) is 0 Å². The van der Waals surface area contributed by atoms with Crippen molar-refractivity contribution in [3.05, 3.63) is 106 Å². The normalized spacial score (nSPS) is 15.2. The summed E-state index contributed by atoms with van der Waals surface area (Å²) < 4.78 is 29.2. The molecule has 1 saturated heterocycles. The Morgan fingerprint density at radius 2 is 1.66 bits per heavy atom. The molecule has 3 aromatic carbocycles. The second-order valence-electron chi connectivity index (χ2n) is 7.94. The lowest BCUT2D eigenvalue weighted by Crippen LogP contribution is -2.54. The van der Waals surface area contributed by atoms with Crippen LogP contribution in [0.4, 0.5) is 14.5 Å². The fourth-order valence-corrected chi connectivity index (χ4v) is 4.46. The Morgan fingerprint density at radius 3 is 2.37 bits per heavy atom. The number of anilines is 1. The number of benzene rings is 3. The number of nitrogens with one attached hydrogen (secondary N) is 1. The van der Waals surface area contributed by atoms with Crippen LogP contribution >= 0.6 is 23.8 Å². The zero-order valence-electron chi connectivity index (χ0n) is 18.0. The SMILES string of the molecule is O=C1NC(=S)N(c2ccc(Cl)cc2)C(=O)C1=Cc1cn(Cc2cc(F)cc(F)c2)c2ccccc12. The summed E-state index contributed by atoms with van der Waals surface area (Å²) in [5.74, 6) is -2.53. The first-order valence-electron chi connectivity index (χ1n) is 10.5. The highest BCUT2D eigenvalue weighted by Crippen LogP contribution is 2.28. The molecule has 1 fully saturated rings. The lowest BCUT2D eigenvalue weighted by atomic mass is 10.1. The van der Waals surface area contributed by atoms with Crippen LogP contribution in [0.25, 0.3) is 17.0 Å². The molecule has 2 amide bonds. The van der Waals surface area contributed by atoms with E-state index in [9.17, 15) is 18.4 Å². The maximum Gasteiger partial charge on any atom is 0.270 e. The third-order valence-electron chi connectivity index (χ3n) is 5.58. The second-order valence-corrected chi connectivity index (χ2v) is 8.76. The van der Waals surface area contributed by atoms with Gasteiger partial charge in [-0.3, -0.25) is 19.8 Å². The molecule has 0 unspecified atom stereocenters. The highest BCUT2D eigenvalue weighted by molar-refractivity contribution is 7.80. The molecule has 1 N–H and O–H groups in total. The Labute approximate surface area is 209 Å². The molecule has 9 heteroatoms. The Balaban J connectivity index is 1.57. The van der Waals surface area contributed by atoms with Crippen LogP contribution in [0.3, 0.4) is 0 Å². The number of thiocarbonyl (C=S) groups is 1. The van der Waals surface area contributed by atoms with Gasteiger partial charge in [0.25, 0.3) is 11.8 Å². The van der Waals surface area contributed by atoms with Crippen LogP contribution in [0.1, 0.15) is 11.1 Å². The molecule has 174 valence electrons. The van der Waals surface area contributed by atoms with Gasteiger partial charge in [0.05, 0.1) is 5.69 Å². The number of hydrogen-bond donors (Lipinski definition) is 1. The van der Waals surface area contributed by atoms with Crippen molar-refractivity contribution in [2.24, 2.45) is 0 Å². The number of amides is 2. The first kappa shape index (κ1) is 22.9. The third-order valence-corrected chi connectivity index (χ3v) is 6.12. The van der Waals surface area contributed by atoms with E-state index >= 15 is 0 Å². The number of aromatic nitrogens is 1. The maximum absolute atomic E-state index is 13.7. The molecule has 1 aliphatic rings. The molecule has 0 spiro atoms. The van der Waals surface area contributed by atoms with Crippen LogP contribution in [-0.2, 0) is 16.1 Å². The molecule has 0 saturated carbocycles. The van der Waals surface area contributed by atoms with E-state index in [2.05, 4.69) is 5.32 Å². The van der Waals surface area contributed by atoms with Crippen LogP contribution < -0.4 is 10.2 Å². The van der Waals surface area contributed by atoms with Gasteiger partial charge in [-0.15, -0.1) is 0 Å². The molecule has 1 aliphatic heterocycles. The number of rotatable bonds is 4. The average molecular weight is 508 g/mol. The van der Waals surface area contributed by atoms with Crippen molar-refractivity contribution in [3.63, 3.8) is 0 Å². The minimum atomic E-state index is -0.665. The van der Waals surface area contributed by atoms with Gasteiger partial charge in [-0.25, -0.2) is 8.78 Å². The van der Waals surface area contributed by atoms with Crippen molar-refractivity contribution >= 4 is 63.4 Å². The summed E-state index contributed by atoms with van der Waals surface area (Å²) in [5.41, 5.74) is 2.17. The zero-order chi connectivity index (χ0) is 24.7. The molecule has 0 bridgehead atoms. The van der Waals surface area contributed by atoms with Crippen LogP contribution in [0.5, 0.6) is 0 Å². The van der Waals surface area contributed by atoms with Crippen LogP contribution in [-0.4, -0.2) is 21.5 Å². The van der Waals surface area contributed by atoms with E-state index in [-0.39, 0.29) is 17.2 Å². The van der Waals surface area contributed by atoms with Gasteiger partial charge < -0.3 is 4.57 Å². The Morgan fingerprint density at radius 1 is 0.971 bits per heavy atom. The number of para-hydroxylation sites is 1. The van der Waals surface area contributed by atoms with Crippen LogP contribution in [0, 0.1) is 11.6 Å². The standard InChI is InChI=1S/C26H16ClF2N3O2S/c27-17-5-7-20(8-6-17)32-25(34)22(24(33)30-26(32)35)11-16-14-31(23-4-2-1-3-21(16)23)13-15-9-18(28)12-19(29)10-15/h1-12,14H,13H2,(H,30,33,35). The van der Waals surface area contributed by atoms with Crippen LogP contribution in [0.15, 0.2) is 78.5 Å². The highest BCUT2D eigenvalue weighted by atomic mass is 35.5. The summed E-state index contributed by atoms with van der Waals surface area (Å²) in [7, 11) is 0. The summed E-state index contributed by atoms with van der Waals surface area (Å²) >= 11 is 11.2. The summed E-state index contributed by atoms with van der Waals surface area (Å²) in [6.45, 7) is 0.194. The summed E-state index contributed by atoms with van der Waals surface area (Å²) in [6.07, 6.45) is 3.23. The van der Waals surface area contributed by atoms with E-state index in [4.69, 9.17) is 23.8 Å². The van der Waals surface area contributed by atoms with Gasteiger partial charge >= 0.3 is 0 Å². The fourth-order valence-electron chi connectivity index (χ4n) is 4.06. The van der Waals surface area contributed by atoms with E-state index in [1.807, 2.05) is 28.8 Å². The Kier molecular flexibility index (Phi) is 5.92. The number of carbonyl (C=O) groups excluding carboxylic acids is 2. The summed E-state index contributed by atoms with van der Waals surface area (Å²) in [6, 6.07) is 17.2. The van der Waals surface area contributed by atoms with E-state index in [1.165, 1.54) is 23.1 Å². The third kappa shape index (κ3) is 4.45. The smallest absolute Gasteiger partial charge is 0.270 e. The summed E-state index contributed by atoms with van der Waals surface area (Å²) in [4.78, 5) is 27.3. The molecular weight excluding hydrogens is 492 g/mol. The molecule has 0 radical (unpaired) electrons. The molecule has 5 nitrogen and oxygen atoms in total. The van der Waals surface area contributed by atoms with E-state index < -0.39 is 23.4 Å². The quantitative estimate of drug-likeness (QED) is 0.227. The van der Waals surface area contributed by atoms with Crippen molar-refractivity contribution in [2.45, 2.75) is 6.54 Å². The van der Waals surface area contributed by atoms with E-state index in [0.717, 1.165) is 17.0 Å². The number of fused-ring (bicyclic) bond motifs is 1. The lowest BCUT2D eigenvalue weighted by Gasteiger charge is -2.28. The molecule has 0 aliphatic carbocycles. The number of halogens is 3. The van der Waals surface area contributed by atoms with Crippen LogP contribution in [0.2, 0.25) is 5.02 Å². The molecule has 1 aromatic heterocycles. The van der Waals surface area contributed by atoms with Gasteiger partial charge in [0, 0.05) is 40.3 Å². The first-order chi connectivity index (χ1) is 16.8. The number of nitrogens with zero attached hydrogens (tertiary/aromatic N) is 2.